The van der Waals surface area contributed by atoms with Gasteiger partial charge in [-0.2, -0.15) is 0 Å². The van der Waals surface area contributed by atoms with Crippen LogP contribution in [0.3, 0.4) is 0 Å². The standard InChI is InChI=1S/C20H34O3S2/c1-17(2,3)20(18(4,5)6)13-14(9-10-15(20)21)25-19(7,8)24-12-11-16(22)23/h9-10,21H,11-13H2,1-8H3,(H,22,23). The van der Waals surface area contributed by atoms with Crippen molar-refractivity contribution in [3.05, 3.63) is 22.8 Å². The highest BCUT2D eigenvalue weighted by Crippen LogP contribution is 2.62. The number of thioether (sulfide) groups is 2. The summed E-state index contributed by atoms with van der Waals surface area (Å²) >= 11 is 3.46. The number of carboxylic acids is 1. The molecule has 0 bridgehead atoms. The topological polar surface area (TPSA) is 57.5 Å². The molecule has 25 heavy (non-hydrogen) atoms. The van der Waals surface area contributed by atoms with Crippen molar-refractivity contribution in [2.75, 3.05) is 5.75 Å². The first-order chi connectivity index (χ1) is 11.1. The van der Waals surface area contributed by atoms with E-state index in [0.29, 0.717) is 11.5 Å². The van der Waals surface area contributed by atoms with Gasteiger partial charge >= 0.3 is 5.97 Å². The van der Waals surface area contributed by atoms with Crippen molar-refractivity contribution >= 4 is 29.5 Å². The average molecular weight is 387 g/mol. The summed E-state index contributed by atoms with van der Waals surface area (Å²) in [4.78, 5) is 12.0. The van der Waals surface area contributed by atoms with E-state index in [4.69, 9.17) is 5.11 Å². The lowest BCUT2D eigenvalue weighted by molar-refractivity contribution is -0.136. The van der Waals surface area contributed by atoms with E-state index in [1.54, 1.807) is 23.5 Å². The zero-order valence-electron chi connectivity index (χ0n) is 16.9. The van der Waals surface area contributed by atoms with E-state index in [9.17, 15) is 9.90 Å². The van der Waals surface area contributed by atoms with Gasteiger partial charge in [-0.15, -0.1) is 23.5 Å². The summed E-state index contributed by atoms with van der Waals surface area (Å²) in [7, 11) is 0. The van der Waals surface area contributed by atoms with Crippen LogP contribution >= 0.6 is 23.5 Å². The predicted molar refractivity (Wildman–Crippen MR) is 111 cm³/mol. The maximum atomic E-state index is 10.8. The van der Waals surface area contributed by atoms with Gasteiger partial charge in [0.25, 0.3) is 0 Å². The summed E-state index contributed by atoms with van der Waals surface area (Å²) < 4.78 is -0.108. The van der Waals surface area contributed by atoms with E-state index >= 15 is 0 Å². The van der Waals surface area contributed by atoms with Crippen molar-refractivity contribution in [2.45, 2.75) is 72.3 Å². The number of aliphatic hydroxyl groups is 1. The Balaban J connectivity index is 3.04. The first kappa shape index (κ1) is 22.5. The summed E-state index contributed by atoms with van der Waals surface area (Å²) in [6, 6.07) is 0. The van der Waals surface area contributed by atoms with E-state index in [0.717, 1.165) is 6.42 Å². The largest absolute Gasteiger partial charge is 0.512 e. The molecule has 0 heterocycles. The quantitative estimate of drug-likeness (QED) is 0.512. The maximum Gasteiger partial charge on any atom is 0.304 e. The first-order valence-electron chi connectivity index (χ1n) is 8.77. The number of hydrogen-bond donors (Lipinski definition) is 2. The van der Waals surface area contributed by atoms with Gasteiger partial charge in [0.2, 0.25) is 0 Å². The van der Waals surface area contributed by atoms with Gasteiger partial charge in [-0.1, -0.05) is 41.5 Å². The lowest BCUT2D eigenvalue weighted by Gasteiger charge is -2.54. The minimum atomic E-state index is -0.752. The molecule has 0 unspecified atom stereocenters. The molecule has 1 aliphatic carbocycles. The highest BCUT2D eigenvalue weighted by molar-refractivity contribution is 8.19. The fraction of sp³-hybridized carbons (Fsp3) is 0.750. The normalized spacial score (nSPS) is 18.6. The highest BCUT2D eigenvalue weighted by atomic mass is 32.2. The van der Waals surface area contributed by atoms with Crippen molar-refractivity contribution in [1.82, 2.24) is 0 Å². The molecule has 2 N–H and O–H groups in total. The maximum absolute atomic E-state index is 10.8. The second-order valence-electron chi connectivity index (χ2n) is 9.26. The number of carboxylic acid groups (broad SMARTS) is 1. The van der Waals surface area contributed by atoms with Crippen LogP contribution in [-0.2, 0) is 4.79 Å². The molecule has 144 valence electrons. The van der Waals surface area contributed by atoms with Crippen molar-refractivity contribution in [3.8, 4) is 0 Å². The van der Waals surface area contributed by atoms with E-state index in [-0.39, 0.29) is 26.7 Å². The Bertz CT molecular complexity index is 546. The van der Waals surface area contributed by atoms with Crippen LogP contribution in [0.5, 0.6) is 0 Å². The Kier molecular flexibility index (Phi) is 6.83. The zero-order valence-corrected chi connectivity index (χ0v) is 18.5. The van der Waals surface area contributed by atoms with Gasteiger partial charge in [-0.05, 0) is 48.2 Å². The first-order valence-corrected chi connectivity index (χ1v) is 10.6. The summed E-state index contributed by atoms with van der Waals surface area (Å²) in [6.45, 7) is 17.5. The van der Waals surface area contributed by atoms with E-state index in [2.05, 4.69) is 55.4 Å². The van der Waals surface area contributed by atoms with Gasteiger partial charge in [-0.25, -0.2) is 0 Å². The number of hydrogen-bond acceptors (Lipinski definition) is 4. The third-order valence-electron chi connectivity index (χ3n) is 5.01. The molecule has 0 amide bonds. The van der Waals surface area contributed by atoms with Gasteiger partial charge in [0.1, 0.15) is 0 Å². The average Bonchev–Trinajstić information content (AvgIpc) is 2.37. The molecule has 0 fully saturated rings. The smallest absolute Gasteiger partial charge is 0.304 e. The Morgan fingerprint density at radius 2 is 1.60 bits per heavy atom. The molecular formula is C20H34O3S2. The number of rotatable bonds is 6. The zero-order chi connectivity index (χ0) is 19.7. The molecule has 0 radical (unpaired) electrons. The van der Waals surface area contributed by atoms with Crippen LogP contribution in [-0.4, -0.2) is 26.0 Å². The Hall–Kier alpha value is -0.550. The van der Waals surface area contributed by atoms with Crippen LogP contribution < -0.4 is 0 Å². The van der Waals surface area contributed by atoms with Crippen LogP contribution in [0.2, 0.25) is 0 Å². The van der Waals surface area contributed by atoms with Crippen LogP contribution in [0.4, 0.5) is 0 Å². The second kappa shape index (κ2) is 7.59. The van der Waals surface area contributed by atoms with Gasteiger partial charge in [-0.3, -0.25) is 4.79 Å². The Morgan fingerprint density at radius 3 is 2.04 bits per heavy atom. The monoisotopic (exact) mass is 386 g/mol. The molecule has 0 atom stereocenters. The third kappa shape index (κ3) is 5.22. The Morgan fingerprint density at radius 1 is 1.08 bits per heavy atom. The second-order valence-corrected chi connectivity index (χ2v) is 13.0. The molecule has 1 rings (SSSR count). The lowest BCUT2D eigenvalue weighted by Crippen LogP contribution is -2.48. The van der Waals surface area contributed by atoms with Gasteiger partial charge in [0, 0.05) is 11.2 Å². The fourth-order valence-corrected chi connectivity index (χ4v) is 6.58. The Labute approximate surface area is 161 Å². The van der Waals surface area contributed by atoms with Crippen molar-refractivity contribution in [2.24, 2.45) is 16.2 Å². The van der Waals surface area contributed by atoms with E-state index in [1.165, 1.54) is 4.91 Å². The van der Waals surface area contributed by atoms with E-state index in [1.807, 2.05) is 12.2 Å². The molecule has 0 aromatic carbocycles. The number of carbonyl (C=O) groups is 1. The molecule has 0 aliphatic heterocycles. The van der Waals surface area contributed by atoms with Gasteiger partial charge in [0.15, 0.2) is 0 Å². The van der Waals surface area contributed by atoms with Gasteiger partial charge in [0.05, 0.1) is 16.3 Å². The number of aliphatic carboxylic acids is 1. The summed E-state index contributed by atoms with van der Waals surface area (Å²) in [5.74, 6) is 0.318. The highest BCUT2D eigenvalue weighted by Gasteiger charge is 2.54. The predicted octanol–water partition coefficient (Wildman–Crippen LogP) is 6.47. The van der Waals surface area contributed by atoms with Gasteiger partial charge < -0.3 is 10.2 Å². The summed E-state index contributed by atoms with van der Waals surface area (Å²) in [5, 5.41) is 19.7. The summed E-state index contributed by atoms with van der Waals surface area (Å²) in [6.07, 6.45) is 4.87. The third-order valence-corrected chi connectivity index (χ3v) is 7.75. The lowest BCUT2D eigenvalue weighted by atomic mass is 9.51. The van der Waals surface area contributed by atoms with Crippen molar-refractivity contribution in [1.29, 1.82) is 0 Å². The van der Waals surface area contributed by atoms with Crippen LogP contribution in [0.25, 0.3) is 0 Å². The molecule has 5 heteroatoms. The molecule has 0 saturated carbocycles. The molecule has 3 nitrogen and oxygen atoms in total. The minimum Gasteiger partial charge on any atom is -0.512 e. The molecule has 0 aromatic heterocycles. The van der Waals surface area contributed by atoms with Crippen LogP contribution in [0, 0.1) is 16.2 Å². The number of allylic oxidation sites excluding steroid dienone is 4. The molecular weight excluding hydrogens is 352 g/mol. The minimum absolute atomic E-state index is 0.0908. The van der Waals surface area contributed by atoms with Crippen molar-refractivity contribution < 1.29 is 15.0 Å². The molecule has 0 saturated heterocycles. The molecule has 0 spiro atoms. The SMILES string of the molecule is CC(C)(SCCC(=O)O)SC1=CC=C(O)C(C(C)(C)C)(C(C)(C)C)C1. The van der Waals surface area contributed by atoms with E-state index < -0.39 is 5.97 Å². The number of aliphatic hydroxyl groups excluding tert-OH is 1. The fourth-order valence-electron chi connectivity index (χ4n) is 3.95. The summed E-state index contributed by atoms with van der Waals surface area (Å²) in [5.41, 5.74) is -0.516. The van der Waals surface area contributed by atoms with Crippen LogP contribution in [0.15, 0.2) is 22.8 Å². The van der Waals surface area contributed by atoms with Crippen molar-refractivity contribution in [3.63, 3.8) is 0 Å². The molecule has 1 aliphatic rings. The van der Waals surface area contributed by atoms with Crippen LogP contribution in [0.1, 0.15) is 68.2 Å². The molecule has 0 aromatic rings.